The Bertz CT molecular complexity index is 933. The smallest absolute Gasteiger partial charge is 0.162 e. The van der Waals surface area contributed by atoms with Crippen LogP contribution < -0.4 is 0 Å². The molecule has 1 saturated heterocycles. The summed E-state index contributed by atoms with van der Waals surface area (Å²) in [6, 6.07) is 29.6. The van der Waals surface area contributed by atoms with E-state index in [4.69, 9.17) is 5.09 Å². The van der Waals surface area contributed by atoms with Crippen molar-refractivity contribution < 1.29 is 30.4 Å². The molecule has 0 aliphatic carbocycles. The minimum Gasteiger partial charge on any atom is -0.551 e. The summed E-state index contributed by atoms with van der Waals surface area (Å²) in [4.78, 5) is 0. The Kier molecular flexibility index (Phi) is 15.0. The van der Waals surface area contributed by atoms with Crippen LogP contribution in [0, 0.1) is 20.8 Å². The van der Waals surface area contributed by atoms with E-state index < -0.39 is 7.29 Å². The fraction of sp³-hybridized carbons (Fsp3) is 0.364. The van der Waals surface area contributed by atoms with Crippen LogP contribution >= 0.6 is 7.29 Å². The molecule has 37 heavy (non-hydrogen) atoms. The molecule has 1 aliphatic rings. The number of hydrogen-bond donors (Lipinski definition) is 0. The van der Waals surface area contributed by atoms with Crippen molar-refractivity contribution in [2.75, 3.05) is 0 Å². The number of hydrogen-bond acceptors (Lipinski definition) is 0. The van der Waals surface area contributed by atoms with Gasteiger partial charge in [0.05, 0.1) is 0 Å². The average molecular weight is 683 g/mol. The second-order valence-electron chi connectivity index (χ2n) is 11.5. The molecule has 0 aromatic heterocycles. The van der Waals surface area contributed by atoms with Crippen molar-refractivity contribution in [1.82, 2.24) is 0 Å². The molecule has 0 saturated carbocycles. The third kappa shape index (κ3) is 12.6. The molecule has 1 aliphatic heterocycles. The fourth-order valence-corrected chi connectivity index (χ4v) is 7.78. The third-order valence-electron chi connectivity index (χ3n) is 6.01. The monoisotopic (exact) mass is 684 g/mol. The molecule has 0 radical (unpaired) electrons. The van der Waals surface area contributed by atoms with Crippen LogP contribution in [0.3, 0.4) is 0 Å². The summed E-state index contributed by atoms with van der Waals surface area (Å²) < 4.78 is 11.0. The quantitative estimate of drug-likeness (QED) is 0.106. The minimum absolute atomic E-state index is 0. The van der Waals surface area contributed by atoms with E-state index in [1.165, 1.54) is 0 Å². The first-order chi connectivity index (χ1) is 16.6. The number of nitrogens with zero attached hydrogens (tertiary/aromatic N) is 1. The van der Waals surface area contributed by atoms with Crippen molar-refractivity contribution in [3.8, 4) is 0 Å². The predicted octanol–water partition coefficient (Wildman–Crippen LogP) is 10.3. The summed E-state index contributed by atoms with van der Waals surface area (Å²) in [5.74, 6) is 0. The standard InChI is InChI=1S/C12H25NOP.3C7H7.Hf/c1-10(2,3)13-15(14)11(4,5)8-9-12(15,6)7;3*1-7-5-3-2-4-6-7;/h8-9H2,1-7H3;3*2-6H,1H2;/q4*-1;/p+1. The van der Waals surface area contributed by atoms with E-state index in [-0.39, 0.29) is 41.7 Å². The van der Waals surface area contributed by atoms with Gasteiger partial charge in [0.1, 0.15) is 0 Å². The van der Waals surface area contributed by atoms with E-state index in [9.17, 15) is 4.57 Å². The minimum atomic E-state index is -2.22. The molecule has 0 bridgehead atoms. The summed E-state index contributed by atoms with van der Waals surface area (Å²) >= 11 is 0. The second-order valence-corrected chi connectivity index (χ2v) is 15.3. The van der Waals surface area contributed by atoms with Gasteiger partial charge in [-0.15, -0.1) is 41.9 Å². The molecule has 2 nitrogen and oxygen atoms in total. The second kappa shape index (κ2) is 15.7. The van der Waals surface area contributed by atoms with Gasteiger partial charge < -0.3 is 9.65 Å². The van der Waals surface area contributed by atoms with Crippen molar-refractivity contribution in [2.45, 2.75) is 77.2 Å². The van der Waals surface area contributed by atoms with Gasteiger partial charge in [-0.25, -0.2) is 0 Å². The molecule has 1 heterocycles. The fourth-order valence-electron chi connectivity index (χ4n) is 3.88. The van der Waals surface area contributed by atoms with Gasteiger partial charge in [-0.05, 0) is 40.5 Å². The molecule has 4 heteroatoms. The average Bonchev–Trinajstić information content (AvgIpc) is 2.94. The zero-order valence-corrected chi connectivity index (χ0v) is 28.5. The third-order valence-corrected chi connectivity index (χ3v) is 10.7. The molecule has 4 rings (SSSR count). The maximum Gasteiger partial charge on any atom is 0.162 e. The first-order valence-electron chi connectivity index (χ1n) is 12.6. The van der Waals surface area contributed by atoms with Crippen LogP contribution in [0.1, 0.15) is 78.0 Å². The molecule has 202 valence electrons. The number of rotatable bonds is 1. The summed E-state index contributed by atoms with van der Waals surface area (Å²) in [6.07, 6.45) is 2.17. The van der Waals surface area contributed by atoms with Crippen molar-refractivity contribution in [1.29, 1.82) is 0 Å². The van der Waals surface area contributed by atoms with Gasteiger partial charge in [-0.1, -0.05) is 39.0 Å². The topological polar surface area (TPSA) is 35.5 Å². The Balaban J connectivity index is 0.000000497. The van der Waals surface area contributed by atoms with Crippen molar-refractivity contribution in [3.63, 3.8) is 0 Å². The molecule has 1 N–H and O–H groups in total. The van der Waals surface area contributed by atoms with Crippen LogP contribution in [0.15, 0.2) is 91.0 Å². The van der Waals surface area contributed by atoms with Gasteiger partial charge in [0.25, 0.3) is 0 Å². The van der Waals surface area contributed by atoms with E-state index in [2.05, 4.69) is 69.2 Å². The van der Waals surface area contributed by atoms with Crippen LogP contribution in [0.4, 0.5) is 0 Å². The Morgan fingerprint density at radius 1 is 0.622 bits per heavy atom. The van der Waals surface area contributed by atoms with Gasteiger partial charge in [0.2, 0.25) is 0 Å². The maximum absolute atomic E-state index is 11.0. The van der Waals surface area contributed by atoms with Crippen LogP contribution in [0.2, 0.25) is 0 Å². The molecular weight excluding hydrogens is 636 g/mol. The van der Waals surface area contributed by atoms with E-state index in [0.717, 1.165) is 29.5 Å². The molecule has 0 spiro atoms. The first kappa shape index (κ1) is 35.3. The van der Waals surface area contributed by atoms with E-state index >= 15 is 0 Å². The van der Waals surface area contributed by atoms with Gasteiger partial charge in [-0.3, -0.25) is 0 Å². The zero-order chi connectivity index (χ0) is 27.5. The Morgan fingerprint density at radius 3 is 1.03 bits per heavy atom. The van der Waals surface area contributed by atoms with Crippen molar-refractivity contribution in [3.05, 3.63) is 134 Å². The van der Waals surface area contributed by atoms with E-state index in [1.807, 2.05) is 91.0 Å². The Hall–Kier alpha value is -1.67. The molecular formula is C33H47HfNOP-3. The van der Waals surface area contributed by atoms with Gasteiger partial charge >= 0.3 is 0 Å². The summed E-state index contributed by atoms with van der Waals surface area (Å²) in [6.45, 7) is 26.1. The van der Waals surface area contributed by atoms with Crippen LogP contribution in [-0.2, 0) is 25.8 Å². The molecule has 0 unspecified atom stereocenters. The molecule has 3 aromatic carbocycles. The van der Waals surface area contributed by atoms with E-state index in [1.54, 1.807) is 0 Å². The molecule has 3 aromatic rings. The van der Waals surface area contributed by atoms with Crippen LogP contribution in [0.5, 0.6) is 0 Å². The van der Waals surface area contributed by atoms with Crippen LogP contribution in [0.25, 0.3) is 5.09 Å². The zero-order valence-electron chi connectivity index (χ0n) is 24.0. The normalized spacial score (nSPS) is 16.2. The van der Waals surface area contributed by atoms with Gasteiger partial charge in [0, 0.05) is 36.2 Å². The summed E-state index contributed by atoms with van der Waals surface area (Å²) in [7, 11) is -2.22. The summed E-state index contributed by atoms with van der Waals surface area (Å²) in [5.41, 5.74) is 3.08. The van der Waals surface area contributed by atoms with Crippen LogP contribution in [-0.4, -0.2) is 20.4 Å². The maximum atomic E-state index is 11.0. The van der Waals surface area contributed by atoms with Crippen molar-refractivity contribution >= 4 is 7.29 Å². The SMILES string of the molecule is CC(C)(C)[N-]P1(=[OH+])C(C)(C)CCC1(C)C.[CH2-]c1ccccc1.[CH2-]c1ccccc1.[CH2-]c1ccccc1.[Hf]. The van der Waals surface area contributed by atoms with Crippen molar-refractivity contribution in [2.24, 2.45) is 0 Å². The number of benzene rings is 3. The van der Waals surface area contributed by atoms with Gasteiger partial charge in [0.15, 0.2) is 7.29 Å². The van der Waals surface area contributed by atoms with Gasteiger partial charge in [-0.2, -0.15) is 73.9 Å². The molecule has 0 atom stereocenters. The Morgan fingerprint density at radius 2 is 0.865 bits per heavy atom. The summed E-state index contributed by atoms with van der Waals surface area (Å²) in [5, 5.41) is 4.79. The first-order valence-corrected chi connectivity index (χ1v) is 14.3. The van der Waals surface area contributed by atoms with E-state index in [0.29, 0.717) is 0 Å². The molecule has 0 amide bonds. The predicted molar refractivity (Wildman–Crippen MR) is 162 cm³/mol. The Labute approximate surface area is 247 Å². The largest absolute Gasteiger partial charge is 0.551 e. The molecule has 1 fully saturated rings.